The number of amides is 2. The fraction of sp³-hybridized carbons (Fsp3) is 0.333. The quantitative estimate of drug-likeness (QED) is 0.326. The SMILES string of the molecule is COc1ccc(CC(NCC(=O)O)C(=O)N2CCCC2C(=O)NCc2ccc3c(N)nccc3c2)cc1. The van der Waals surface area contributed by atoms with E-state index in [4.69, 9.17) is 15.6 Å². The van der Waals surface area contributed by atoms with Gasteiger partial charge in [0.25, 0.3) is 0 Å². The van der Waals surface area contributed by atoms with E-state index in [-0.39, 0.29) is 24.8 Å². The van der Waals surface area contributed by atoms with Crippen molar-refractivity contribution in [1.29, 1.82) is 0 Å². The second-order valence-electron chi connectivity index (χ2n) is 9.04. The van der Waals surface area contributed by atoms with E-state index in [1.54, 1.807) is 30.3 Å². The van der Waals surface area contributed by atoms with Crippen molar-refractivity contribution in [2.45, 2.75) is 37.9 Å². The summed E-state index contributed by atoms with van der Waals surface area (Å²) >= 11 is 0. The molecule has 2 heterocycles. The van der Waals surface area contributed by atoms with Crippen molar-refractivity contribution >= 4 is 34.4 Å². The Morgan fingerprint density at radius 3 is 2.65 bits per heavy atom. The number of nitrogens with two attached hydrogens (primary N) is 1. The van der Waals surface area contributed by atoms with Crippen LogP contribution < -0.4 is 21.1 Å². The molecule has 37 heavy (non-hydrogen) atoms. The number of aliphatic carboxylic acids is 1. The number of fused-ring (bicyclic) bond motifs is 1. The molecule has 1 aliphatic rings. The Bertz CT molecular complexity index is 1280. The number of nitrogens with one attached hydrogen (secondary N) is 2. The minimum Gasteiger partial charge on any atom is -0.497 e. The third-order valence-corrected chi connectivity index (χ3v) is 6.56. The smallest absolute Gasteiger partial charge is 0.317 e. The molecule has 2 unspecified atom stereocenters. The maximum atomic E-state index is 13.5. The maximum Gasteiger partial charge on any atom is 0.317 e. The summed E-state index contributed by atoms with van der Waals surface area (Å²) in [6, 6.07) is 13.4. The summed E-state index contributed by atoms with van der Waals surface area (Å²) in [5, 5.41) is 16.7. The number of carboxylic acids is 1. The van der Waals surface area contributed by atoms with Gasteiger partial charge in [-0.15, -0.1) is 0 Å². The molecule has 2 amide bonds. The van der Waals surface area contributed by atoms with Crippen molar-refractivity contribution in [1.82, 2.24) is 20.5 Å². The summed E-state index contributed by atoms with van der Waals surface area (Å²) in [7, 11) is 1.57. The summed E-state index contributed by atoms with van der Waals surface area (Å²) < 4.78 is 5.18. The topological polar surface area (TPSA) is 147 Å². The largest absolute Gasteiger partial charge is 0.497 e. The molecule has 3 aromatic rings. The molecule has 1 aromatic heterocycles. The molecule has 0 radical (unpaired) electrons. The number of likely N-dealkylation sites (tertiary alicyclic amines) is 1. The van der Waals surface area contributed by atoms with E-state index >= 15 is 0 Å². The van der Waals surface area contributed by atoms with E-state index in [1.807, 2.05) is 36.4 Å². The zero-order valence-electron chi connectivity index (χ0n) is 20.6. The highest BCUT2D eigenvalue weighted by molar-refractivity contribution is 5.92. The van der Waals surface area contributed by atoms with Gasteiger partial charge in [-0.25, -0.2) is 4.98 Å². The second kappa shape index (κ2) is 11.7. The van der Waals surface area contributed by atoms with Gasteiger partial charge in [-0.3, -0.25) is 19.7 Å². The lowest BCUT2D eigenvalue weighted by Crippen LogP contribution is -2.53. The molecule has 2 atom stereocenters. The minimum absolute atomic E-state index is 0.235. The first-order valence-electron chi connectivity index (χ1n) is 12.1. The third-order valence-electron chi connectivity index (χ3n) is 6.56. The summed E-state index contributed by atoms with van der Waals surface area (Å²) in [6.45, 7) is 0.383. The predicted octanol–water partition coefficient (Wildman–Crippen LogP) is 1.72. The lowest BCUT2D eigenvalue weighted by Gasteiger charge is -2.28. The third kappa shape index (κ3) is 6.34. The van der Waals surface area contributed by atoms with E-state index in [2.05, 4.69) is 15.6 Å². The van der Waals surface area contributed by atoms with Crippen LogP contribution in [-0.2, 0) is 27.3 Å². The molecule has 0 bridgehead atoms. The number of methoxy groups -OCH3 is 1. The summed E-state index contributed by atoms with van der Waals surface area (Å²) in [4.78, 5) is 43.5. The van der Waals surface area contributed by atoms with Crippen LogP contribution in [-0.4, -0.2) is 65.1 Å². The van der Waals surface area contributed by atoms with Crippen molar-refractivity contribution in [3.8, 4) is 5.75 Å². The van der Waals surface area contributed by atoms with Gasteiger partial charge in [0.15, 0.2) is 0 Å². The number of ether oxygens (including phenoxy) is 1. The number of anilines is 1. The Morgan fingerprint density at radius 1 is 1.16 bits per heavy atom. The predicted molar refractivity (Wildman–Crippen MR) is 139 cm³/mol. The number of aromatic nitrogens is 1. The average Bonchev–Trinajstić information content (AvgIpc) is 3.40. The Balaban J connectivity index is 1.43. The highest BCUT2D eigenvalue weighted by Crippen LogP contribution is 2.22. The molecule has 0 spiro atoms. The highest BCUT2D eigenvalue weighted by Gasteiger charge is 2.37. The van der Waals surface area contributed by atoms with E-state index in [1.165, 1.54) is 0 Å². The van der Waals surface area contributed by atoms with Gasteiger partial charge in [0, 0.05) is 24.7 Å². The van der Waals surface area contributed by atoms with Crippen molar-refractivity contribution in [3.63, 3.8) is 0 Å². The molecule has 0 aliphatic carbocycles. The zero-order chi connectivity index (χ0) is 26.4. The molecule has 4 rings (SSSR count). The van der Waals surface area contributed by atoms with Crippen LogP contribution in [0, 0.1) is 0 Å². The summed E-state index contributed by atoms with van der Waals surface area (Å²) in [6.07, 6.45) is 3.17. The Morgan fingerprint density at radius 2 is 1.92 bits per heavy atom. The van der Waals surface area contributed by atoms with E-state index in [0.29, 0.717) is 37.5 Å². The number of rotatable bonds is 10. The van der Waals surface area contributed by atoms with Crippen LogP contribution in [0.5, 0.6) is 5.75 Å². The van der Waals surface area contributed by atoms with Crippen LogP contribution in [0.25, 0.3) is 10.8 Å². The van der Waals surface area contributed by atoms with Crippen molar-refractivity contribution in [2.24, 2.45) is 0 Å². The number of carboxylic acid groups (broad SMARTS) is 1. The van der Waals surface area contributed by atoms with Crippen molar-refractivity contribution in [3.05, 3.63) is 65.9 Å². The van der Waals surface area contributed by atoms with E-state index in [0.717, 1.165) is 21.9 Å². The number of nitrogen functional groups attached to an aromatic ring is 1. The van der Waals surface area contributed by atoms with Gasteiger partial charge in [0.05, 0.1) is 19.7 Å². The molecule has 5 N–H and O–H groups in total. The van der Waals surface area contributed by atoms with Crippen LogP contribution in [0.4, 0.5) is 5.82 Å². The van der Waals surface area contributed by atoms with Gasteiger partial charge in [-0.05, 0) is 60.0 Å². The van der Waals surface area contributed by atoms with E-state index in [9.17, 15) is 14.4 Å². The fourth-order valence-corrected chi connectivity index (χ4v) is 4.63. The number of carbonyl (C=O) groups is 3. The van der Waals surface area contributed by atoms with Gasteiger partial charge in [0.2, 0.25) is 11.8 Å². The number of hydrogen-bond donors (Lipinski definition) is 4. The van der Waals surface area contributed by atoms with Crippen LogP contribution in [0.15, 0.2) is 54.7 Å². The molecule has 1 fully saturated rings. The fourth-order valence-electron chi connectivity index (χ4n) is 4.63. The van der Waals surface area contributed by atoms with E-state index < -0.39 is 18.1 Å². The molecule has 1 aliphatic heterocycles. The minimum atomic E-state index is -1.06. The number of benzene rings is 2. The molecule has 10 nitrogen and oxygen atoms in total. The standard InChI is InChI=1S/C27H31N5O5/c1-37-20-7-4-17(5-8-20)14-22(30-16-24(33)34)27(36)32-12-2-3-23(32)26(35)31-15-18-6-9-21-19(13-18)10-11-29-25(21)28/h4-11,13,22-23,30H,2-3,12,14-16H2,1H3,(H2,28,29)(H,31,35)(H,33,34). The maximum absolute atomic E-state index is 13.5. The van der Waals surface area contributed by atoms with Gasteiger partial charge >= 0.3 is 5.97 Å². The van der Waals surface area contributed by atoms with Gasteiger partial charge in [-0.2, -0.15) is 0 Å². The molecule has 194 valence electrons. The first-order chi connectivity index (χ1) is 17.9. The molecular formula is C27H31N5O5. The lowest BCUT2D eigenvalue weighted by atomic mass is 10.0. The van der Waals surface area contributed by atoms with Crippen LogP contribution in [0.3, 0.4) is 0 Å². The van der Waals surface area contributed by atoms with Crippen molar-refractivity contribution < 1.29 is 24.2 Å². The van der Waals surface area contributed by atoms with Crippen LogP contribution in [0.1, 0.15) is 24.0 Å². The lowest BCUT2D eigenvalue weighted by molar-refractivity contribution is -0.141. The summed E-state index contributed by atoms with van der Waals surface area (Å²) in [5.74, 6) is -0.442. The van der Waals surface area contributed by atoms with Gasteiger partial charge < -0.3 is 25.8 Å². The highest BCUT2D eigenvalue weighted by atomic mass is 16.5. The van der Waals surface area contributed by atoms with Gasteiger partial charge in [-0.1, -0.05) is 24.3 Å². The zero-order valence-corrected chi connectivity index (χ0v) is 20.6. The first-order valence-corrected chi connectivity index (χ1v) is 12.1. The molecule has 10 heteroatoms. The Hall–Kier alpha value is -4.18. The Kier molecular flexibility index (Phi) is 8.19. The van der Waals surface area contributed by atoms with Crippen molar-refractivity contribution in [2.75, 3.05) is 25.9 Å². The second-order valence-corrected chi connectivity index (χ2v) is 9.04. The average molecular weight is 506 g/mol. The molecular weight excluding hydrogens is 474 g/mol. The summed E-state index contributed by atoms with van der Waals surface area (Å²) in [5.41, 5.74) is 7.67. The molecule has 2 aromatic carbocycles. The van der Waals surface area contributed by atoms with Gasteiger partial charge in [0.1, 0.15) is 17.6 Å². The molecule has 1 saturated heterocycles. The Labute approximate surface area is 214 Å². The number of pyridine rings is 1. The monoisotopic (exact) mass is 505 g/mol. The number of hydrogen-bond acceptors (Lipinski definition) is 7. The normalized spacial score (nSPS) is 15.9. The van der Waals surface area contributed by atoms with Crippen LogP contribution in [0.2, 0.25) is 0 Å². The molecule has 0 saturated carbocycles. The van der Waals surface area contributed by atoms with Crippen LogP contribution >= 0.6 is 0 Å². The first kappa shape index (κ1) is 25.9. The number of nitrogens with zero attached hydrogens (tertiary/aromatic N) is 2. The number of carbonyl (C=O) groups excluding carboxylic acids is 2.